The summed E-state index contributed by atoms with van der Waals surface area (Å²) in [6.07, 6.45) is 0.938. The van der Waals surface area contributed by atoms with E-state index in [4.69, 9.17) is 4.74 Å². The summed E-state index contributed by atoms with van der Waals surface area (Å²) >= 11 is 0. The quantitative estimate of drug-likeness (QED) is 0.903. The Labute approximate surface area is 114 Å². The number of nitrogens with zero attached hydrogens (tertiary/aromatic N) is 1. The first-order valence-electron chi connectivity index (χ1n) is 6.82. The van der Waals surface area contributed by atoms with Gasteiger partial charge in [-0.3, -0.25) is 4.79 Å². The van der Waals surface area contributed by atoms with Gasteiger partial charge >= 0.3 is 0 Å². The molecule has 1 N–H and O–H groups in total. The summed E-state index contributed by atoms with van der Waals surface area (Å²) in [5.74, 6) is 0.909. The summed E-state index contributed by atoms with van der Waals surface area (Å²) in [5, 5.41) is 9.45. The highest BCUT2D eigenvalue weighted by atomic mass is 16.5. The summed E-state index contributed by atoms with van der Waals surface area (Å²) in [6, 6.07) is 7.21. The fraction of sp³-hybridized carbons (Fsp3) is 0.533. The summed E-state index contributed by atoms with van der Waals surface area (Å²) in [5.41, 5.74) is 0.580. The molecule has 0 aromatic heterocycles. The van der Waals surface area contributed by atoms with Gasteiger partial charge < -0.3 is 14.7 Å². The van der Waals surface area contributed by atoms with Crippen molar-refractivity contribution in [1.82, 2.24) is 4.90 Å². The molecule has 1 heterocycles. The van der Waals surface area contributed by atoms with Crippen molar-refractivity contribution in [3.8, 4) is 5.75 Å². The van der Waals surface area contributed by atoms with Crippen LogP contribution in [0.25, 0.3) is 0 Å². The van der Waals surface area contributed by atoms with Crippen LogP contribution < -0.4 is 4.74 Å². The predicted molar refractivity (Wildman–Crippen MR) is 73.3 cm³/mol. The molecule has 2 atom stereocenters. The van der Waals surface area contributed by atoms with Crippen LogP contribution in [-0.2, 0) is 0 Å². The average molecular weight is 263 g/mol. The highest BCUT2D eigenvalue weighted by molar-refractivity contribution is 5.97. The Kier molecular flexibility index (Phi) is 4.43. The van der Waals surface area contributed by atoms with Gasteiger partial charge in [-0.15, -0.1) is 0 Å². The van der Waals surface area contributed by atoms with Crippen LogP contribution in [0.15, 0.2) is 24.3 Å². The van der Waals surface area contributed by atoms with Crippen LogP contribution >= 0.6 is 0 Å². The first-order chi connectivity index (χ1) is 9.19. The zero-order valence-corrected chi connectivity index (χ0v) is 11.5. The molecule has 0 spiro atoms. The number of aliphatic hydroxyl groups is 1. The molecule has 0 bridgehead atoms. The SMILES string of the molecule is CCOc1ccccc1C(=O)N1CCC(C)C1CO. The van der Waals surface area contributed by atoms with E-state index in [9.17, 15) is 9.90 Å². The maximum absolute atomic E-state index is 12.6. The van der Waals surface area contributed by atoms with E-state index in [0.717, 1.165) is 6.42 Å². The number of aliphatic hydroxyl groups excluding tert-OH is 1. The van der Waals surface area contributed by atoms with E-state index < -0.39 is 0 Å². The minimum absolute atomic E-state index is 0.0176. The second-order valence-corrected chi connectivity index (χ2v) is 4.94. The number of ether oxygens (including phenoxy) is 1. The van der Waals surface area contributed by atoms with Crippen molar-refractivity contribution in [2.75, 3.05) is 19.8 Å². The third kappa shape index (κ3) is 2.73. The number of benzene rings is 1. The van der Waals surface area contributed by atoms with E-state index in [-0.39, 0.29) is 18.6 Å². The Bertz CT molecular complexity index is 447. The standard InChI is InChI=1S/C15H21NO3/c1-3-19-14-7-5-4-6-12(14)15(18)16-9-8-11(2)13(16)10-17/h4-7,11,13,17H,3,8-10H2,1-2H3. The molecular weight excluding hydrogens is 242 g/mol. The molecule has 1 aromatic rings. The van der Waals surface area contributed by atoms with Gasteiger partial charge in [0.1, 0.15) is 5.75 Å². The molecule has 0 aliphatic carbocycles. The summed E-state index contributed by atoms with van der Waals surface area (Å²) in [6.45, 7) is 5.22. The zero-order valence-electron chi connectivity index (χ0n) is 11.5. The number of carbonyl (C=O) groups excluding carboxylic acids is 1. The fourth-order valence-electron chi connectivity index (χ4n) is 2.62. The Hall–Kier alpha value is -1.55. The molecular formula is C15H21NO3. The lowest BCUT2D eigenvalue weighted by Gasteiger charge is -2.26. The Balaban J connectivity index is 2.24. The first kappa shape index (κ1) is 13.9. The lowest BCUT2D eigenvalue weighted by atomic mass is 10.0. The average Bonchev–Trinajstić information content (AvgIpc) is 2.80. The van der Waals surface area contributed by atoms with Gasteiger partial charge in [0, 0.05) is 6.54 Å². The third-order valence-corrected chi connectivity index (χ3v) is 3.75. The topological polar surface area (TPSA) is 49.8 Å². The number of likely N-dealkylation sites (tertiary alicyclic amines) is 1. The predicted octanol–water partition coefficient (Wildman–Crippen LogP) is 1.93. The van der Waals surface area contributed by atoms with Crippen LogP contribution in [0.5, 0.6) is 5.75 Å². The molecule has 0 radical (unpaired) electrons. The van der Waals surface area contributed by atoms with Crippen molar-refractivity contribution in [3.05, 3.63) is 29.8 Å². The van der Waals surface area contributed by atoms with Crippen molar-refractivity contribution in [2.45, 2.75) is 26.3 Å². The van der Waals surface area contributed by atoms with Gasteiger partial charge in [-0.1, -0.05) is 19.1 Å². The van der Waals surface area contributed by atoms with E-state index in [1.165, 1.54) is 0 Å². The van der Waals surface area contributed by atoms with Crippen LogP contribution in [0.3, 0.4) is 0 Å². The van der Waals surface area contributed by atoms with Gasteiger partial charge in [-0.2, -0.15) is 0 Å². The van der Waals surface area contributed by atoms with E-state index in [1.807, 2.05) is 25.1 Å². The number of amides is 1. The van der Waals surface area contributed by atoms with Gasteiger partial charge in [0.15, 0.2) is 0 Å². The zero-order chi connectivity index (χ0) is 13.8. The summed E-state index contributed by atoms with van der Waals surface area (Å²) in [7, 11) is 0. The number of para-hydroxylation sites is 1. The molecule has 4 heteroatoms. The number of hydrogen-bond acceptors (Lipinski definition) is 3. The monoisotopic (exact) mass is 263 g/mol. The lowest BCUT2D eigenvalue weighted by molar-refractivity contribution is 0.0644. The van der Waals surface area contributed by atoms with E-state index in [2.05, 4.69) is 6.92 Å². The van der Waals surface area contributed by atoms with Gasteiger partial charge in [0.2, 0.25) is 0 Å². The van der Waals surface area contributed by atoms with Crippen molar-refractivity contribution < 1.29 is 14.6 Å². The van der Waals surface area contributed by atoms with Crippen LogP contribution in [0, 0.1) is 5.92 Å². The van der Waals surface area contributed by atoms with Crippen LogP contribution in [0.4, 0.5) is 0 Å². The van der Waals surface area contributed by atoms with Gasteiger partial charge in [-0.25, -0.2) is 0 Å². The van der Waals surface area contributed by atoms with Crippen molar-refractivity contribution in [3.63, 3.8) is 0 Å². The molecule has 1 aliphatic heterocycles. The fourth-order valence-corrected chi connectivity index (χ4v) is 2.62. The maximum atomic E-state index is 12.6. The molecule has 1 aliphatic rings. The third-order valence-electron chi connectivity index (χ3n) is 3.75. The lowest BCUT2D eigenvalue weighted by Crippen LogP contribution is -2.40. The highest BCUT2D eigenvalue weighted by Gasteiger charge is 2.35. The summed E-state index contributed by atoms with van der Waals surface area (Å²) < 4.78 is 5.50. The smallest absolute Gasteiger partial charge is 0.257 e. The van der Waals surface area contributed by atoms with Crippen LogP contribution in [0.1, 0.15) is 30.6 Å². The van der Waals surface area contributed by atoms with Crippen LogP contribution in [-0.4, -0.2) is 41.7 Å². The molecule has 0 saturated carbocycles. The van der Waals surface area contributed by atoms with Crippen molar-refractivity contribution in [1.29, 1.82) is 0 Å². The van der Waals surface area contributed by atoms with Crippen molar-refractivity contribution in [2.24, 2.45) is 5.92 Å². The second kappa shape index (κ2) is 6.06. The van der Waals surface area contributed by atoms with E-state index >= 15 is 0 Å². The molecule has 2 rings (SSSR count). The van der Waals surface area contributed by atoms with E-state index in [0.29, 0.717) is 30.4 Å². The van der Waals surface area contributed by atoms with E-state index in [1.54, 1.807) is 11.0 Å². The number of rotatable bonds is 4. The molecule has 1 amide bonds. The normalized spacial score (nSPS) is 22.6. The Morgan fingerprint density at radius 3 is 2.89 bits per heavy atom. The molecule has 1 saturated heterocycles. The Morgan fingerprint density at radius 1 is 1.47 bits per heavy atom. The van der Waals surface area contributed by atoms with Crippen molar-refractivity contribution >= 4 is 5.91 Å². The molecule has 19 heavy (non-hydrogen) atoms. The van der Waals surface area contributed by atoms with Gasteiger partial charge in [-0.05, 0) is 31.4 Å². The molecule has 1 fully saturated rings. The molecule has 104 valence electrons. The second-order valence-electron chi connectivity index (χ2n) is 4.94. The largest absolute Gasteiger partial charge is 0.493 e. The first-order valence-corrected chi connectivity index (χ1v) is 6.82. The minimum Gasteiger partial charge on any atom is -0.493 e. The summed E-state index contributed by atoms with van der Waals surface area (Å²) in [4.78, 5) is 14.4. The number of hydrogen-bond donors (Lipinski definition) is 1. The highest BCUT2D eigenvalue weighted by Crippen LogP contribution is 2.28. The van der Waals surface area contributed by atoms with Gasteiger partial charge in [0.05, 0.1) is 24.8 Å². The number of carbonyl (C=O) groups is 1. The van der Waals surface area contributed by atoms with Crippen LogP contribution in [0.2, 0.25) is 0 Å². The molecule has 4 nitrogen and oxygen atoms in total. The maximum Gasteiger partial charge on any atom is 0.257 e. The minimum atomic E-state index is -0.0813. The Morgan fingerprint density at radius 2 is 2.21 bits per heavy atom. The van der Waals surface area contributed by atoms with Gasteiger partial charge in [0.25, 0.3) is 5.91 Å². The molecule has 2 unspecified atom stereocenters. The molecule has 1 aromatic carbocycles.